The Kier molecular flexibility index (Phi) is 5.45. The van der Waals surface area contributed by atoms with E-state index in [4.69, 9.17) is 23.2 Å². The molecule has 9 nitrogen and oxygen atoms in total. The summed E-state index contributed by atoms with van der Waals surface area (Å²) in [6.07, 6.45) is 0. The standard InChI is InChI=1S/C18H14Cl2N4O5/c1-8-10(7-23(2)18(27)9-3-4-11(19)12(20)5-9)15-13(6-14(8)24(28)29)21-16(25)17(26)22-15/h3-6H,7H2,1-2H3,(H,21,25)(H,22,26). The summed E-state index contributed by atoms with van der Waals surface area (Å²) in [4.78, 5) is 53.1. The number of fused-ring (bicyclic) bond motifs is 1. The Hall–Kier alpha value is -3.17. The molecule has 0 aliphatic carbocycles. The maximum Gasteiger partial charge on any atom is 0.314 e. The minimum Gasteiger partial charge on any atom is -0.337 e. The van der Waals surface area contributed by atoms with Crippen molar-refractivity contribution in [3.8, 4) is 0 Å². The highest BCUT2D eigenvalue weighted by molar-refractivity contribution is 6.42. The normalized spacial score (nSPS) is 10.9. The van der Waals surface area contributed by atoms with Gasteiger partial charge in [0.05, 0.1) is 26.0 Å². The van der Waals surface area contributed by atoms with Gasteiger partial charge in [-0.1, -0.05) is 23.2 Å². The minimum atomic E-state index is -0.929. The molecule has 0 aliphatic rings. The highest BCUT2D eigenvalue weighted by Gasteiger charge is 2.22. The van der Waals surface area contributed by atoms with E-state index in [1.807, 2.05) is 0 Å². The number of hydrogen-bond acceptors (Lipinski definition) is 5. The van der Waals surface area contributed by atoms with E-state index < -0.39 is 21.9 Å². The zero-order chi connectivity index (χ0) is 21.5. The average molecular weight is 437 g/mol. The van der Waals surface area contributed by atoms with Gasteiger partial charge in [0.25, 0.3) is 11.6 Å². The number of halogens is 2. The molecule has 3 aromatic rings. The predicted octanol–water partition coefficient (Wildman–Crippen LogP) is 3.01. The Morgan fingerprint density at radius 2 is 1.79 bits per heavy atom. The summed E-state index contributed by atoms with van der Waals surface area (Å²) in [7, 11) is 1.50. The summed E-state index contributed by atoms with van der Waals surface area (Å²) in [5.74, 6) is -0.408. The monoisotopic (exact) mass is 436 g/mol. The lowest BCUT2D eigenvalue weighted by atomic mass is 10.0. The van der Waals surface area contributed by atoms with Crippen molar-refractivity contribution >= 4 is 45.8 Å². The highest BCUT2D eigenvalue weighted by Crippen LogP contribution is 2.29. The van der Waals surface area contributed by atoms with Crippen LogP contribution < -0.4 is 11.1 Å². The number of aromatic nitrogens is 2. The fourth-order valence-corrected chi connectivity index (χ4v) is 3.26. The molecule has 29 heavy (non-hydrogen) atoms. The molecule has 0 saturated carbocycles. The predicted molar refractivity (Wildman–Crippen MR) is 109 cm³/mol. The van der Waals surface area contributed by atoms with Crippen molar-refractivity contribution in [3.05, 3.63) is 81.8 Å². The van der Waals surface area contributed by atoms with Gasteiger partial charge in [-0.3, -0.25) is 24.5 Å². The molecule has 0 fully saturated rings. The molecule has 2 N–H and O–H groups in total. The van der Waals surface area contributed by atoms with Crippen molar-refractivity contribution in [3.63, 3.8) is 0 Å². The molecule has 0 aliphatic heterocycles. The summed E-state index contributed by atoms with van der Waals surface area (Å²) in [5.41, 5.74) is -0.893. The number of nitrogens with one attached hydrogen (secondary N) is 2. The zero-order valence-electron chi connectivity index (χ0n) is 15.2. The number of carbonyl (C=O) groups is 1. The van der Waals surface area contributed by atoms with E-state index in [1.54, 1.807) is 0 Å². The first-order valence-corrected chi connectivity index (χ1v) is 8.99. The maximum atomic E-state index is 12.8. The molecular weight excluding hydrogens is 423 g/mol. The van der Waals surface area contributed by atoms with Crippen molar-refractivity contribution in [1.29, 1.82) is 0 Å². The fraction of sp³-hybridized carbons (Fsp3) is 0.167. The second-order valence-electron chi connectivity index (χ2n) is 6.38. The van der Waals surface area contributed by atoms with Gasteiger partial charge in [0, 0.05) is 36.3 Å². The lowest BCUT2D eigenvalue weighted by molar-refractivity contribution is -0.385. The highest BCUT2D eigenvalue weighted by atomic mass is 35.5. The first-order chi connectivity index (χ1) is 13.6. The number of amides is 1. The van der Waals surface area contributed by atoms with Crippen LogP contribution in [0.5, 0.6) is 0 Å². The molecule has 150 valence electrons. The molecule has 2 aromatic carbocycles. The van der Waals surface area contributed by atoms with Gasteiger partial charge in [-0.15, -0.1) is 0 Å². The van der Waals surface area contributed by atoms with Crippen LogP contribution in [0.3, 0.4) is 0 Å². The van der Waals surface area contributed by atoms with Crippen LogP contribution in [0.15, 0.2) is 33.9 Å². The maximum absolute atomic E-state index is 12.8. The molecule has 1 amide bonds. The third kappa shape index (κ3) is 3.87. The first kappa shape index (κ1) is 20.6. The van der Waals surface area contributed by atoms with E-state index in [2.05, 4.69) is 9.97 Å². The van der Waals surface area contributed by atoms with Crippen molar-refractivity contribution in [2.24, 2.45) is 0 Å². The van der Waals surface area contributed by atoms with Crippen LogP contribution in [0.25, 0.3) is 11.0 Å². The third-order valence-corrected chi connectivity index (χ3v) is 5.23. The van der Waals surface area contributed by atoms with Crippen LogP contribution in [-0.4, -0.2) is 32.7 Å². The van der Waals surface area contributed by atoms with Crippen molar-refractivity contribution in [2.75, 3.05) is 7.05 Å². The number of hydrogen-bond donors (Lipinski definition) is 2. The van der Waals surface area contributed by atoms with Gasteiger partial charge >= 0.3 is 11.1 Å². The molecule has 0 atom stereocenters. The molecule has 0 bridgehead atoms. The lowest BCUT2D eigenvalue weighted by Gasteiger charge is -2.20. The number of aromatic amines is 2. The van der Waals surface area contributed by atoms with Crippen molar-refractivity contribution < 1.29 is 9.72 Å². The van der Waals surface area contributed by atoms with Crippen LogP contribution in [0.4, 0.5) is 5.69 Å². The largest absolute Gasteiger partial charge is 0.337 e. The van der Waals surface area contributed by atoms with Crippen LogP contribution in [-0.2, 0) is 6.54 Å². The molecule has 1 heterocycles. The van der Waals surface area contributed by atoms with Crippen molar-refractivity contribution in [2.45, 2.75) is 13.5 Å². The Morgan fingerprint density at radius 1 is 1.14 bits per heavy atom. The van der Waals surface area contributed by atoms with E-state index in [-0.39, 0.29) is 39.4 Å². The van der Waals surface area contributed by atoms with Gasteiger partial charge in [0.15, 0.2) is 0 Å². The van der Waals surface area contributed by atoms with E-state index in [1.165, 1.54) is 43.1 Å². The second kappa shape index (κ2) is 7.69. The Balaban J connectivity index is 2.11. The van der Waals surface area contributed by atoms with Gasteiger partial charge in [-0.05, 0) is 25.1 Å². The quantitative estimate of drug-likeness (QED) is 0.368. The second-order valence-corrected chi connectivity index (χ2v) is 7.19. The molecule has 1 aromatic heterocycles. The fourth-order valence-electron chi connectivity index (χ4n) is 2.96. The third-order valence-electron chi connectivity index (χ3n) is 4.49. The van der Waals surface area contributed by atoms with Gasteiger partial charge in [0.1, 0.15) is 0 Å². The summed E-state index contributed by atoms with van der Waals surface area (Å²) >= 11 is 11.8. The topological polar surface area (TPSA) is 129 Å². The van der Waals surface area contributed by atoms with Gasteiger partial charge in [0.2, 0.25) is 0 Å². The Labute approximate surface area is 173 Å². The number of nitrogens with zero attached hydrogens (tertiary/aromatic N) is 2. The van der Waals surface area contributed by atoms with E-state index in [9.17, 15) is 24.5 Å². The molecule has 3 rings (SSSR count). The summed E-state index contributed by atoms with van der Waals surface area (Å²) in [6, 6.07) is 5.58. The first-order valence-electron chi connectivity index (χ1n) is 8.24. The van der Waals surface area contributed by atoms with Crippen molar-refractivity contribution in [1.82, 2.24) is 14.9 Å². The summed E-state index contributed by atoms with van der Waals surface area (Å²) < 4.78 is 0. The minimum absolute atomic E-state index is 0.0644. The van der Waals surface area contributed by atoms with Crippen LogP contribution >= 0.6 is 23.2 Å². The summed E-state index contributed by atoms with van der Waals surface area (Å²) in [6.45, 7) is 1.44. The number of nitro groups is 1. The van der Waals surface area contributed by atoms with Gasteiger partial charge in [-0.25, -0.2) is 0 Å². The number of carbonyl (C=O) groups excluding carboxylic acids is 1. The number of H-pyrrole nitrogens is 2. The Bertz CT molecular complexity index is 1280. The van der Waals surface area contributed by atoms with Crippen LogP contribution in [0, 0.1) is 17.0 Å². The SMILES string of the molecule is Cc1c([N+](=O)[O-])cc2[nH]c(=O)c(=O)[nH]c2c1CN(C)C(=O)c1ccc(Cl)c(Cl)c1. The van der Waals surface area contributed by atoms with Gasteiger partial charge in [-0.2, -0.15) is 0 Å². The Morgan fingerprint density at radius 3 is 2.41 bits per heavy atom. The van der Waals surface area contributed by atoms with Crippen LogP contribution in [0.1, 0.15) is 21.5 Å². The van der Waals surface area contributed by atoms with E-state index >= 15 is 0 Å². The van der Waals surface area contributed by atoms with E-state index in [0.717, 1.165) is 0 Å². The molecule has 0 saturated heterocycles. The number of rotatable bonds is 4. The molecule has 11 heteroatoms. The zero-order valence-corrected chi connectivity index (χ0v) is 16.7. The molecule has 0 unspecified atom stereocenters. The smallest absolute Gasteiger partial charge is 0.314 e. The average Bonchev–Trinajstić information content (AvgIpc) is 2.66. The lowest BCUT2D eigenvalue weighted by Crippen LogP contribution is -2.31. The van der Waals surface area contributed by atoms with Gasteiger partial charge < -0.3 is 14.9 Å². The molecule has 0 radical (unpaired) electrons. The number of nitro benzene ring substituents is 1. The molecular formula is C18H14Cl2N4O5. The molecule has 0 spiro atoms. The summed E-state index contributed by atoms with van der Waals surface area (Å²) in [5, 5.41) is 11.9. The van der Waals surface area contributed by atoms with E-state index in [0.29, 0.717) is 10.6 Å². The van der Waals surface area contributed by atoms with Crippen LogP contribution in [0.2, 0.25) is 10.0 Å². The number of benzene rings is 2.